The summed E-state index contributed by atoms with van der Waals surface area (Å²) in [6, 6.07) is 16.5. The van der Waals surface area contributed by atoms with Gasteiger partial charge < -0.3 is 10.0 Å². The van der Waals surface area contributed by atoms with Gasteiger partial charge in [0.25, 0.3) is 0 Å². The molecule has 0 bridgehead atoms. The van der Waals surface area contributed by atoms with Gasteiger partial charge in [-0.1, -0.05) is 48.0 Å². The molecule has 1 N–H and O–H groups in total. The largest absolute Gasteiger partial charge is 0.390 e. The lowest BCUT2D eigenvalue weighted by atomic mass is 10.1. The van der Waals surface area contributed by atoms with E-state index in [1.54, 1.807) is 0 Å². The highest BCUT2D eigenvalue weighted by atomic mass is 35.5. The molecule has 23 heavy (non-hydrogen) atoms. The summed E-state index contributed by atoms with van der Waals surface area (Å²) < 4.78 is 23.8. The average Bonchev–Trinajstić information content (AvgIpc) is 2.80. The Labute approximate surface area is 141 Å². The molecule has 0 amide bonds. The molecule has 1 aliphatic rings. The summed E-state index contributed by atoms with van der Waals surface area (Å²) in [4.78, 5) is 1.93. The van der Waals surface area contributed by atoms with Crippen molar-refractivity contribution in [3.05, 3.63) is 65.2 Å². The van der Waals surface area contributed by atoms with Crippen molar-refractivity contribution in [2.24, 2.45) is 0 Å². The van der Waals surface area contributed by atoms with Gasteiger partial charge in [0.1, 0.15) is 0 Å². The van der Waals surface area contributed by atoms with Gasteiger partial charge in [0.15, 0.2) is 9.84 Å². The van der Waals surface area contributed by atoms with Gasteiger partial charge in [-0.15, -0.1) is 0 Å². The summed E-state index contributed by atoms with van der Waals surface area (Å²) in [5.74, 6) is -0.239. The lowest BCUT2D eigenvalue weighted by Crippen LogP contribution is -2.43. The van der Waals surface area contributed by atoms with Gasteiger partial charge in [-0.25, -0.2) is 8.42 Å². The molecular weight excluding hydrogens is 334 g/mol. The first-order chi connectivity index (χ1) is 11.0. The zero-order valence-electron chi connectivity index (χ0n) is 12.5. The zero-order valence-corrected chi connectivity index (χ0v) is 14.0. The standard InChI is InChI=1S/C17H18ClNO3S/c18-15-9-5-4-6-13(15)10-19(14-7-2-1-3-8-14)16-11-23(21,22)12-17(16)20/h1-9,16-17,20H,10-12H2/t16-,17-/m1/s1. The maximum Gasteiger partial charge on any atom is 0.155 e. The zero-order chi connectivity index (χ0) is 16.4. The monoisotopic (exact) mass is 351 g/mol. The first-order valence-electron chi connectivity index (χ1n) is 7.40. The van der Waals surface area contributed by atoms with Crippen molar-refractivity contribution >= 4 is 27.1 Å². The molecule has 2 atom stereocenters. The number of para-hydroxylation sites is 1. The van der Waals surface area contributed by atoms with Crippen LogP contribution in [0.5, 0.6) is 0 Å². The van der Waals surface area contributed by atoms with E-state index in [4.69, 9.17) is 11.6 Å². The van der Waals surface area contributed by atoms with E-state index in [1.165, 1.54) is 0 Å². The van der Waals surface area contributed by atoms with Crippen LogP contribution < -0.4 is 4.90 Å². The van der Waals surface area contributed by atoms with Gasteiger partial charge in [0.05, 0.1) is 23.7 Å². The lowest BCUT2D eigenvalue weighted by molar-refractivity contribution is 0.178. The molecule has 1 heterocycles. The van der Waals surface area contributed by atoms with Gasteiger partial charge in [0.2, 0.25) is 0 Å². The fourth-order valence-electron chi connectivity index (χ4n) is 2.94. The molecule has 4 nitrogen and oxygen atoms in total. The number of nitrogens with zero attached hydrogens (tertiary/aromatic N) is 1. The van der Waals surface area contributed by atoms with E-state index in [9.17, 15) is 13.5 Å². The first-order valence-corrected chi connectivity index (χ1v) is 9.60. The van der Waals surface area contributed by atoms with Crippen LogP contribution in [0.3, 0.4) is 0 Å². The summed E-state index contributed by atoms with van der Waals surface area (Å²) in [6.45, 7) is 0.445. The fraction of sp³-hybridized carbons (Fsp3) is 0.294. The molecule has 2 aromatic rings. The second kappa shape index (κ2) is 6.51. The summed E-state index contributed by atoms with van der Waals surface area (Å²) in [6.07, 6.45) is -0.900. The molecule has 2 aromatic carbocycles. The Hall–Kier alpha value is -1.56. The molecule has 6 heteroatoms. The molecule has 0 radical (unpaired) electrons. The molecule has 0 saturated carbocycles. The highest BCUT2D eigenvalue weighted by molar-refractivity contribution is 7.91. The molecule has 1 saturated heterocycles. The SMILES string of the molecule is O=S1(=O)C[C@@H](O)[C@H](N(Cc2ccccc2Cl)c2ccccc2)C1. The number of halogens is 1. The third kappa shape index (κ3) is 3.68. The van der Waals surface area contributed by atoms with Crippen molar-refractivity contribution in [3.63, 3.8) is 0 Å². The van der Waals surface area contributed by atoms with Crippen molar-refractivity contribution in [2.45, 2.75) is 18.7 Å². The number of hydrogen-bond donors (Lipinski definition) is 1. The van der Waals surface area contributed by atoms with Gasteiger partial charge in [-0.2, -0.15) is 0 Å². The molecule has 0 aliphatic carbocycles. The molecule has 0 unspecified atom stereocenters. The van der Waals surface area contributed by atoms with Gasteiger partial charge >= 0.3 is 0 Å². The molecule has 1 aliphatic heterocycles. The van der Waals surface area contributed by atoms with Gasteiger partial charge in [-0.05, 0) is 23.8 Å². The first kappa shape index (κ1) is 16.3. The fourth-order valence-corrected chi connectivity index (χ4v) is 4.93. The molecule has 0 aromatic heterocycles. The van der Waals surface area contributed by atoms with Crippen molar-refractivity contribution in [1.29, 1.82) is 0 Å². The average molecular weight is 352 g/mol. The Morgan fingerprint density at radius 3 is 2.30 bits per heavy atom. The van der Waals surface area contributed by atoms with Crippen LogP contribution in [0.1, 0.15) is 5.56 Å². The number of hydrogen-bond acceptors (Lipinski definition) is 4. The van der Waals surface area contributed by atoms with Crippen LogP contribution in [-0.2, 0) is 16.4 Å². The molecule has 122 valence electrons. The van der Waals surface area contributed by atoms with Crippen molar-refractivity contribution in [2.75, 3.05) is 16.4 Å². The van der Waals surface area contributed by atoms with E-state index in [0.717, 1.165) is 11.3 Å². The Balaban J connectivity index is 1.97. The number of benzene rings is 2. The minimum Gasteiger partial charge on any atom is -0.390 e. The Morgan fingerprint density at radius 1 is 1.04 bits per heavy atom. The quantitative estimate of drug-likeness (QED) is 0.919. The van der Waals surface area contributed by atoms with E-state index < -0.39 is 22.0 Å². The smallest absolute Gasteiger partial charge is 0.155 e. The van der Waals surface area contributed by atoms with Crippen LogP contribution in [0.2, 0.25) is 5.02 Å². The second-order valence-electron chi connectivity index (χ2n) is 5.77. The van der Waals surface area contributed by atoms with Gasteiger partial charge in [-0.3, -0.25) is 0 Å². The van der Waals surface area contributed by atoms with Crippen molar-refractivity contribution in [3.8, 4) is 0 Å². The molecule has 1 fully saturated rings. The molecular formula is C17H18ClNO3S. The maximum absolute atomic E-state index is 11.9. The Kier molecular flexibility index (Phi) is 4.62. The Bertz CT molecular complexity index is 779. The number of anilines is 1. The number of sulfone groups is 1. The third-order valence-corrected chi connectivity index (χ3v) is 6.15. The molecule has 3 rings (SSSR count). The summed E-state index contributed by atoms with van der Waals surface area (Å²) in [7, 11) is -3.22. The lowest BCUT2D eigenvalue weighted by Gasteiger charge is -2.32. The second-order valence-corrected chi connectivity index (χ2v) is 8.33. The van der Waals surface area contributed by atoms with E-state index in [2.05, 4.69) is 0 Å². The highest BCUT2D eigenvalue weighted by Crippen LogP contribution is 2.28. The van der Waals surface area contributed by atoms with Crippen LogP contribution in [0.25, 0.3) is 0 Å². The van der Waals surface area contributed by atoms with Gasteiger partial charge in [0, 0.05) is 17.3 Å². The summed E-state index contributed by atoms with van der Waals surface area (Å²) in [5, 5.41) is 10.9. The van der Waals surface area contributed by atoms with Crippen molar-refractivity contribution < 1.29 is 13.5 Å². The summed E-state index contributed by atoms with van der Waals surface area (Å²) in [5.41, 5.74) is 1.77. The minimum atomic E-state index is -3.22. The number of aliphatic hydroxyl groups excluding tert-OH is 1. The van der Waals surface area contributed by atoms with Crippen LogP contribution in [0.15, 0.2) is 54.6 Å². The number of rotatable bonds is 4. The topological polar surface area (TPSA) is 57.6 Å². The molecule has 0 spiro atoms. The normalized spacial score (nSPS) is 22.9. The maximum atomic E-state index is 11.9. The minimum absolute atomic E-state index is 0.0481. The predicted molar refractivity (Wildman–Crippen MR) is 92.5 cm³/mol. The van der Waals surface area contributed by atoms with Crippen LogP contribution in [-0.4, -0.2) is 37.2 Å². The van der Waals surface area contributed by atoms with Crippen LogP contribution >= 0.6 is 11.6 Å². The highest BCUT2D eigenvalue weighted by Gasteiger charge is 2.40. The van der Waals surface area contributed by atoms with Crippen LogP contribution in [0, 0.1) is 0 Å². The summed E-state index contributed by atoms with van der Waals surface area (Å²) >= 11 is 6.25. The van der Waals surface area contributed by atoms with E-state index in [-0.39, 0.29) is 11.5 Å². The predicted octanol–water partition coefficient (Wildman–Crippen LogP) is 2.50. The van der Waals surface area contributed by atoms with Crippen molar-refractivity contribution in [1.82, 2.24) is 0 Å². The Morgan fingerprint density at radius 2 is 1.70 bits per heavy atom. The third-order valence-electron chi connectivity index (χ3n) is 4.08. The van der Waals surface area contributed by atoms with E-state index in [0.29, 0.717) is 11.6 Å². The van der Waals surface area contributed by atoms with Crippen LogP contribution in [0.4, 0.5) is 5.69 Å². The van der Waals surface area contributed by atoms with E-state index >= 15 is 0 Å². The number of aliphatic hydroxyl groups is 1. The van der Waals surface area contributed by atoms with E-state index in [1.807, 2.05) is 59.5 Å².